The minimum absolute atomic E-state index is 0. The molecule has 11 heteroatoms. The molecule has 0 radical (unpaired) electrons. The first kappa shape index (κ1) is 29.5. The average molecular weight is 432 g/mol. The van der Waals surface area contributed by atoms with E-state index in [0.29, 0.717) is 13.1 Å². The van der Waals surface area contributed by atoms with Gasteiger partial charge in [0.05, 0.1) is 23.3 Å². The van der Waals surface area contributed by atoms with Gasteiger partial charge >= 0.3 is 19.5 Å². The predicted octanol–water partition coefficient (Wildman–Crippen LogP) is -3.81. The monoisotopic (exact) mass is 430 g/mol. The van der Waals surface area contributed by atoms with E-state index >= 15 is 0 Å². The minimum Gasteiger partial charge on any atom is -0.549 e. The van der Waals surface area contributed by atoms with E-state index in [-0.39, 0.29) is 43.5 Å². The van der Waals surface area contributed by atoms with Crippen LogP contribution >= 0.6 is 0 Å². The van der Waals surface area contributed by atoms with Crippen molar-refractivity contribution in [3.8, 4) is 0 Å². The molecule has 0 aliphatic rings. The Bertz CT molecular complexity index is 563. The molecule has 0 saturated heterocycles. The van der Waals surface area contributed by atoms with Crippen LogP contribution in [0.1, 0.15) is 11.4 Å². The Kier molecular flexibility index (Phi) is 20.2. The van der Waals surface area contributed by atoms with Gasteiger partial charge in [0.15, 0.2) is 0 Å². The fraction of sp³-hybridized carbons (Fsp3) is 0.250. The van der Waals surface area contributed by atoms with Gasteiger partial charge in [-0.1, -0.05) is 12.1 Å². The molecule has 0 fully saturated rings. The molecular weight excluding hydrogens is 410 g/mol. The summed E-state index contributed by atoms with van der Waals surface area (Å²) in [6.45, 7) is 0.622. The Morgan fingerprint density at radius 1 is 0.778 bits per heavy atom. The molecule has 144 valence electrons. The number of carbonyl (C=O) groups is 2. The van der Waals surface area contributed by atoms with Gasteiger partial charge in [-0.3, -0.25) is 9.97 Å². The molecule has 0 spiro atoms. The number of carboxylic acid groups (broad SMARTS) is 2. The molecule has 0 aliphatic carbocycles. The molecule has 0 unspecified atom stereocenters. The van der Waals surface area contributed by atoms with Crippen molar-refractivity contribution >= 4 is 11.9 Å². The van der Waals surface area contributed by atoms with Gasteiger partial charge < -0.3 is 41.4 Å². The fourth-order valence-corrected chi connectivity index (χ4v) is 1.59. The number of carboxylic acids is 2. The molecule has 0 amide bonds. The van der Waals surface area contributed by atoms with Crippen LogP contribution in [0.15, 0.2) is 48.8 Å². The number of rotatable bonds is 8. The van der Waals surface area contributed by atoms with E-state index < -0.39 is 11.9 Å². The van der Waals surface area contributed by atoms with Crippen molar-refractivity contribution in [3.05, 3.63) is 60.2 Å². The topological polar surface area (TPSA) is 193 Å². The maximum absolute atomic E-state index is 10.00. The summed E-state index contributed by atoms with van der Waals surface area (Å²) in [7, 11) is 0. The molecule has 27 heavy (non-hydrogen) atoms. The maximum atomic E-state index is 10.00. The summed E-state index contributed by atoms with van der Waals surface area (Å²) in [5.41, 5.74) is 1.64. The van der Waals surface area contributed by atoms with Gasteiger partial charge in [0.25, 0.3) is 0 Å². The van der Waals surface area contributed by atoms with E-state index in [0.717, 1.165) is 11.4 Å². The molecule has 6 N–H and O–H groups in total. The van der Waals surface area contributed by atoms with E-state index in [1.807, 2.05) is 36.4 Å². The molecule has 2 heterocycles. The summed E-state index contributed by atoms with van der Waals surface area (Å²) >= 11 is 0. The zero-order chi connectivity index (χ0) is 17.6. The van der Waals surface area contributed by atoms with Crippen molar-refractivity contribution in [1.29, 1.82) is 0 Å². The normalized spacial score (nSPS) is 8.59. The van der Waals surface area contributed by atoms with Crippen molar-refractivity contribution in [1.82, 2.24) is 20.6 Å². The van der Waals surface area contributed by atoms with Crippen LogP contribution in [0.5, 0.6) is 0 Å². The van der Waals surface area contributed by atoms with Crippen LogP contribution < -0.4 is 20.8 Å². The first-order valence-electron chi connectivity index (χ1n) is 7.19. The van der Waals surface area contributed by atoms with E-state index in [2.05, 4.69) is 20.6 Å². The van der Waals surface area contributed by atoms with Crippen molar-refractivity contribution in [2.45, 2.75) is 13.1 Å². The average Bonchev–Trinajstić information content (AvgIpc) is 2.57. The molecule has 0 bridgehead atoms. The first-order valence-corrected chi connectivity index (χ1v) is 7.19. The fourth-order valence-electron chi connectivity index (χ4n) is 1.59. The first-order chi connectivity index (χ1) is 11.6. The third kappa shape index (κ3) is 16.9. The van der Waals surface area contributed by atoms with E-state index in [1.54, 1.807) is 12.4 Å². The standard InChI is InChI=1S/2C8H10N2O2.2H2O.Zn/c2*11-8(12)6-9-5-7-3-1-2-4-10-7;;;/h2*1-4,9H,5-6H2,(H,11,12);2*1H2;/q;;;;+2/p-2. The number of aliphatic carboxylic acids is 2. The molecule has 10 nitrogen and oxygen atoms in total. The molecule has 2 aromatic heterocycles. The van der Waals surface area contributed by atoms with Crippen molar-refractivity contribution < 1.29 is 50.2 Å². The number of aromatic nitrogens is 2. The smallest absolute Gasteiger partial charge is 0.549 e. The zero-order valence-electron chi connectivity index (χ0n) is 14.7. The summed E-state index contributed by atoms with van der Waals surface area (Å²) in [6, 6.07) is 11.0. The van der Waals surface area contributed by atoms with E-state index in [9.17, 15) is 19.8 Å². The van der Waals surface area contributed by atoms with Crippen molar-refractivity contribution in [2.75, 3.05) is 13.1 Å². The van der Waals surface area contributed by atoms with Crippen LogP contribution in [0, 0.1) is 0 Å². The second-order valence-corrected chi connectivity index (χ2v) is 4.59. The maximum Gasteiger partial charge on any atom is 2.00 e. The quantitative estimate of drug-likeness (QED) is 0.397. The number of nitrogens with zero attached hydrogens (tertiary/aromatic N) is 2. The number of hydrogen-bond acceptors (Lipinski definition) is 8. The zero-order valence-corrected chi connectivity index (χ0v) is 17.6. The van der Waals surface area contributed by atoms with Crippen LogP contribution in [-0.2, 0) is 42.2 Å². The molecule has 0 aliphatic heterocycles. The van der Waals surface area contributed by atoms with E-state index in [1.165, 1.54) is 0 Å². The summed E-state index contributed by atoms with van der Waals surface area (Å²) in [6.07, 6.45) is 3.33. The van der Waals surface area contributed by atoms with Gasteiger partial charge in [-0.05, 0) is 24.3 Å². The van der Waals surface area contributed by atoms with Crippen LogP contribution in [0.3, 0.4) is 0 Å². The molecular formula is C16H22N4O6Zn. The Hall–Kier alpha value is -2.30. The Labute approximate surface area is 169 Å². The molecule has 0 atom stereocenters. The summed E-state index contributed by atoms with van der Waals surface area (Å²) < 4.78 is 0. The van der Waals surface area contributed by atoms with Gasteiger partial charge in [0.2, 0.25) is 0 Å². The Morgan fingerprint density at radius 2 is 1.15 bits per heavy atom. The van der Waals surface area contributed by atoms with Crippen LogP contribution in [0.4, 0.5) is 0 Å². The number of carbonyl (C=O) groups excluding carboxylic acids is 2. The largest absolute Gasteiger partial charge is 2.00 e. The third-order valence-electron chi connectivity index (χ3n) is 2.60. The van der Waals surface area contributed by atoms with Crippen molar-refractivity contribution in [3.63, 3.8) is 0 Å². The van der Waals surface area contributed by atoms with Gasteiger partial charge in [-0.15, -0.1) is 0 Å². The molecule has 2 aromatic rings. The van der Waals surface area contributed by atoms with E-state index in [4.69, 9.17) is 0 Å². The molecule has 2 rings (SSSR count). The van der Waals surface area contributed by atoms with Crippen molar-refractivity contribution in [2.24, 2.45) is 0 Å². The molecule has 0 aromatic carbocycles. The predicted molar refractivity (Wildman–Crippen MR) is 89.1 cm³/mol. The van der Waals surface area contributed by atoms with Crippen LogP contribution in [0.25, 0.3) is 0 Å². The Morgan fingerprint density at radius 3 is 1.41 bits per heavy atom. The summed E-state index contributed by atoms with van der Waals surface area (Å²) in [5, 5.41) is 25.3. The van der Waals surface area contributed by atoms with Crippen LogP contribution in [-0.4, -0.2) is 45.9 Å². The van der Waals surface area contributed by atoms with Gasteiger partial charge in [-0.2, -0.15) is 0 Å². The number of pyridine rings is 2. The second kappa shape index (κ2) is 18.5. The van der Waals surface area contributed by atoms with Gasteiger partial charge in [0, 0.05) is 38.6 Å². The van der Waals surface area contributed by atoms with Gasteiger partial charge in [0.1, 0.15) is 0 Å². The number of hydrogen-bond donors (Lipinski definition) is 2. The minimum atomic E-state index is -1.11. The van der Waals surface area contributed by atoms with Gasteiger partial charge in [-0.25, -0.2) is 0 Å². The SMILES string of the molecule is O.O.O=C([O-])CNCc1ccccn1.O=C([O-])CNCc1ccccn1.[Zn+2]. The summed E-state index contributed by atoms with van der Waals surface area (Å²) in [5.74, 6) is -2.21. The number of nitrogens with one attached hydrogen (secondary N) is 2. The third-order valence-corrected chi connectivity index (χ3v) is 2.60. The second-order valence-electron chi connectivity index (χ2n) is 4.59. The Balaban J connectivity index is -0.000000384. The van der Waals surface area contributed by atoms with Crippen LogP contribution in [0.2, 0.25) is 0 Å². The summed E-state index contributed by atoms with van der Waals surface area (Å²) in [4.78, 5) is 28.0. The molecule has 0 saturated carbocycles.